The van der Waals surface area contributed by atoms with Gasteiger partial charge < -0.3 is 29.3 Å². The van der Waals surface area contributed by atoms with Crippen LogP contribution in [0.15, 0.2) is 29.0 Å². The second kappa shape index (κ2) is 9.55. The summed E-state index contributed by atoms with van der Waals surface area (Å²) in [4.78, 5) is 26.9. The van der Waals surface area contributed by atoms with Gasteiger partial charge in [-0.15, -0.1) is 0 Å². The average Bonchev–Trinajstić information content (AvgIpc) is 2.88. The first-order chi connectivity index (χ1) is 13.2. The van der Waals surface area contributed by atoms with Crippen molar-refractivity contribution in [2.75, 3.05) is 18.5 Å². The number of hydrogen-bond donors (Lipinski definition) is 3. The van der Waals surface area contributed by atoms with Gasteiger partial charge in [0.1, 0.15) is 24.1 Å². The summed E-state index contributed by atoms with van der Waals surface area (Å²) in [6.45, 7) is 4.90. The fourth-order valence-electron chi connectivity index (χ4n) is 2.60. The molecule has 1 saturated heterocycles. The van der Waals surface area contributed by atoms with Gasteiger partial charge in [0.05, 0.1) is 13.2 Å². The van der Waals surface area contributed by atoms with E-state index in [2.05, 4.69) is 10.3 Å². The zero-order valence-corrected chi connectivity index (χ0v) is 16.6. The summed E-state index contributed by atoms with van der Waals surface area (Å²) in [5, 5.41) is 22.8. The summed E-state index contributed by atoms with van der Waals surface area (Å²) in [7, 11) is -3.51. The zero-order chi connectivity index (χ0) is 20.9. The Morgan fingerprint density at radius 1 is 1.36 bits per heavy atom. The molecule has 0 spiro atoms. The van der Waals surface area contributed by atoms with Crippen molar-refractivity contribution in [1.82, 2.24) is 9.55 Å². The fourth-order valence-corrected chi connectivity index (χ4v) is 3.95. The van der Waals surface area contributed by atoms with Crippen LogP contribution in [-0.2, 0) is 23.1 Å². The Balaban J connectivity index is 2.20. The number of aromatic nitrogens is 2. The van der Waals surface area contributed by atoms with Crippen molar-refractivity contribution in [3.63, 3.8) is 0 Å². The number of amides is 1. The number of ether oxygens (including phenoxy) is 1. The van der Waals surface area contributed by atoms with Crippen LogP contribution in [0.2, 0.25) is 0 Å². The van der Waals surface area contributed by atoms with Gasteiger partial charge in [0.2, 0.25) is 5.91 Å². The number of nitrogens with one attached hydrogen (secondary N) is 1. The minimum absolute atomic E-state index is 0.0487. The van der Waals surface area contributed by atoms with E-state index in [0.29, 0.717) is 0 Å². The Morgan fingerprint density at radius 3 is 2.54 bits per heavy atom. The molecule has 1 aromatic rings. The predicted molar refractivity (Wildman–Crippen MR) is 98.7 cm³/mol. The Kier molecular flexibility index (Phi) is 7.64. The van der Waals surface area contributed by atoms with Gasteiger partial charge in [0, 0.05) is 18.9 Å². The third kappa shape index (κ3) is 5.34. The molecule has 3 N–H and O–H groups in total. The van der Waals surface area contributed by atoms with E-state index >= 15 is 0 Å². The lowest BCUT2D eigenvalue weighted by Crippen LogP contribution is -2.35. The lowest BCUT2D eigenvalue weighted by Gasteiger charge is -2.17. The van der Waals surface area contributed by atoms with Crippen LogP contribution in [0.5, 0.6) is 0 Å². The second-order valence-electron chi connectivity index (χ2n) is 5.87. The Hall–Kier alpha value is -1.88. The van der Waals surface area contributed by atoms with Crippen molar-refractivity contribution < 1.29 is 33.4 Å². The Labute approximate surface area is 161 Å². The summed E-state index contributed by atoms with van der Waals surface area (Å²) < 4.78 is 29.2. The minimum atomic E-state index is -3.51. The molecule has 2 heterocycles. The minimum Gasteiger partial charge on any atom is -0.387 e. The number of nitrogens with zero attached hydrogens (tertiary/aromatic N) is 2. The molecule has 1 aromatic heterocycles. The topological polar surface area (TPSA) is 149 Å². The lowest BCUT2D eigenvalue weighted by atomic mass is 10.1. The summed E-state index contributed by atoms with van der Waals surface area (Å²) in [6.07, 6.45) is -2.58. The first-order valence-electron chi connectivity index (χ1n) is 8.67. The van der Waals surface area contributed by atoms with Crippen molar-refractivity contribution in [1.29, 1.82) is 0 Å². The molecule has 2 rings (SSSR count). The molecule has 28 heavy (non-hydrogen) atoms. The summed E-state index contributed by atoms with van der Waals surface area (Å²) in [5.74, 6) is 0.812. The van der Waals surface area contributed by atoms with E-state index in [1.807, 2.05) is 0 Å². The molecule has 1 aliphatic heterocycles. The smallest absolute Gasteiger partial charge is 0.353 e. The molecular formula is C16H24N3O8P. The number of carbonyl (C=O) groups is 1. The van der Waals surface area contributed by atoms with E-state index in [9.17, 15) is 24.4 Å². The van der Waals surface area contributed by atoms with E-state index < -0.39 is 43.7 Å². The molecule has 1 aliphatic rings. The van der Waals surface area contributed by atoms with Crippen molar-refractivity contribution in [2.24, 2.45) is 0 Å². The number of anilines is 1. The van der Waals surface area contributed by atoms with E-state index in [0.717, 1.165) is 10.4 Å². The lowest BCUT2D eigenvalue weighted by molar-refractivity contribution is -0.114. The molecule has 1 amide bonds. The molecule has 0 bridgehead atoms. The zero-order valence-electron chi connectivity index (χ0n) is 15.7. The number of aliphatic hydroxyl groups excluding tert-OH is 2. The molecule has 0 aromatic carbocycles. The maximum atomic E-state index is 12.5. The van der Waals surface area contributed by atoms with Gasteiger partial charge in [0.25, 0.3) is 0 Å². The summed E-state index contributed by atoms with van der Waals surface area (Å²) in [5.41, 5.74) is -0.790. The normalized spacial score (nSPS) is 25.3. The first-order valence-corrected chi connectivity index (χ1v) is 10.3. The van der Waals surface area contributed by atoms with Gasteiger partial charge in [0.15, 0.2) is 6.23 Å². The van der Waals surface area contributed by atoms with Crippen molar-refractivity contribution in [2.45, 2.75) is 45.3 Å². The summed E-state index contributed by atoms with van der Waals surface area (Å²) >= 11 is 0. The molecule has 1 fully saturated rings. The number of rotatable bonds is 8. The SMILES string of the molecule is CCOP(=O)(C=CC1OC(n2ccc(NC(C)=O)nc2=O)C(O)C1O)OCC. The molecule has 4 atom stereocenters. The van der Waals surface area contributed by atoms with Crippen LogP contribution in [0.25, 0.3) is 0 Å². The average molecular weight is 417 g/mol. The van der Waals surface area contributed by atoms with Gasteiger partial charge in [-0.05, 0) is 26.0 Å². The monoisotopic (exact) mass is 417 g/mol. The van der Waals surface area contributed by atoms with Crippen LogP contribution >= 0.6 is 7.60 Å². The third-order valence-corrected chi connectivity index (χ3v) is 5.53. The van der Waals surface area contributed by atoms with Crippen molar-refractivity contribution in [3.8, 4) is 0 Å². The maximum Gasteiger partial charge on any atom is 0.353 e. The van der Waals surface area contributed by atoms with Crippen LogP contribution in [0.1, 0.15) is 27.0 Å². The van der Waals surface area contributed by atoms with Crippen LogP contribution in [0, 0.1) is 0 Å². The fraction of sp³-hybridized carbons (Fsp3) is 0.562. The van der Waals surface area contributed by atoms with Gasteiger partial charge in [-0.2, -0.15) is 4.98 Å². The van der Waals surface area contributed by atoms with Gasteiger partial charge >= 0.3 is 13.3 Å². The summed E-state index contributed by atoms with van der Waals surface area (Å²) in [6, 6.07) is 1.35. The molecule has 0 saturated carbocycles. The van der Waals surface area contributed by atoms with E-state index in [1.54, 1.807) is 13.8 Å². The first kappa shape index (κ1) is 22.4. The number of hydrogen-bond acceptors (Lipinski definition) is 9. The van der Waals surface area contributed by atoms with Gasteiger partial charge in [-0.25, -0.2) is 4.79 Å². The van der Waals surface area contributed by atoms with Crippen LogP contribution in [0.3, 0.4) is 0 Å². The van der Waals surface area contributed by atoms with E-state index in [1.165, 1.54) is 25.3 Å². The van der Waals surface area contributed by atoms with Crippen LogP contribution < -0.4 is 11.0 Å². The second-order valence-corrected chi connectivity index (χ2v) is 7.77. The highest BCUT2D eigenvalue weighted by molar-refractivity contribution is 7.57. The standard InChI is InChI=1S/C16H24N3O8P/c1-4-25-28(24,26-5-2)9-7-11-13(21)14(22)15(27-11)19-8-6-12(17-10(3)20)18-16(19)23/h6-9,11,13-15,21-22H,4-5H2,1-3H3,(H,17,18,20,23). The molecule has 11 nitrogen and oxygen atoms in total. The molecule has 4 unspecified atom stereocenters. The van der Waals surface area contributed by atoms with Crippen LogP contribution in [0.4, 0.5) is 5.82 Å². The third-order valence-electron chi connectivity index (χ3n) is 3.76. The van der Waals surface area contributed by atoms with E-state index in [4.69, 9.17) is 13.8 Å². The molecular weight excluding hydrogens is 393 g/mol. The van der Waals surface area contributed by atoms with Crippen LogP contribution in [-0.4, -0.2) is 57.2 Å². The van der Waals surface area contributed by atoms with Crippen molar-refractivity contribution in [3.05, 3.63) is 34.6 Å². The van der Waals surface area contributed by atoms with Crippen molar-refractivity contribution >= 4 is 19.3 Å². The Morgan fingerprint density at radius 2 is 2.00 bits per heavy atom. The molecule has 0 radical (unpaired) electrons. The molecule has 0 aliphatic carbocycles. The largest absolute Gasteiger partial charge is 0.387 e. The highest BCUT2D eigenvalue weighted by atomic mass is 31.2. The quantitative estimate of drug-likeness (QED) is 0.517. The maximum absolute atomic E-state index is 12.5. The van der Waals surface area contributed by atoms with Gasteiger partial charge in [-0.1, -0.05) is 0 Å². The number of carbonyl (C=O) groups excluding carboxylic acids is 1. The Bertz CT molecular complexity index is 816. The number of aliphatic hydroxyl groups is 2. The molecule has 12 heteroatoms. The molecule has 156 valence electrons. The van der Waals surface area contributed by atoms with Gasteiger partial charge in [-0.3, -0.25) is 13.9 Å². The highest BCUT2D eigenvalue weighted by Gasteiger charge is 2.43. The van der Waals surface area contributed by atoms with E-state index in [-0.39, 0.29) is 19.0 Å². The predicted octanol–water partition coefficient (Wildman–Crippen LogP) is 0.601. The highest BCUT2D eigenvalue weighted by Crippen LogP contribution is 2.50.